The molecule has 2 aromatic rings. The minimum absolute atomic E-state index is 0.582. The lowest BCUT2D eigenvalue weighted by molar-refractivity contribution is 0.277. The van der Waals surface area contributed by atoms with Gasteiger partial charge in [-0.3, -0.25) is 9.11 Å². The van der Waals surface area contributed by atoms with Gasteiger partial charge in [-0.25, -0.2) is 0 Å². The second-order valence-corrected chi connectivity index (χ2v) is 6.13. The van der Waals surface area contributed by atoms with Gasteiger partial charge >= 0.3 is 0 Å². The molecule has 5 nitrogen and oxygen atoms in total. The standard InChI is InChI=1S/C14H19N3O2S/c1-3-13-15-14(19-16-13)11-17(2)9-10-20(18)12-7-5-4-6-8-12/h4-8H,3,9-11H2,1-2H3/t20-/m0/s1. The summed E-state index contributed by atoms with van der Waals surface area (Å²) in [7, 11) is 0.990. The van der Waals surface area contributed by atoms with E-state index in [2.05, 4.69) is 10.1 Å². The summed E-state index contributed by atoms with van der Waals surface area (Å²) >= 11 is 0. The van der Waals surface area contributed by atoms with Crippen molar-refractivity contribution in [3.8, 4) is 0 Å². The molecule has 0 aliphatic heterocycles. The molecular formula is C14H19N3O2S. The molecule has 1 aromatic carbocycles. The molecule has 0 aliphatic rings. The van der Waals surface area contributed by atoms with Crippen molar-refractivity contribution < 1.29 is 8.73 Å². The first-order chi connectivity index (χ1) is 9.69. The number of aryl methyl sites for hydroxylation is 1. The molecule has 20 heavy (non-hydrogen) atoms. The maximum Gasteiger partial charge on any atom is 0.240 e. The zero-order valence-electron chi connectivity index (χ0n) is 11.8. The van der Waals surface area contributed by atoms with Crippen LogP contribution in [0.25, 0.3) is 0 Å². The van der Waals surface area contributed by atoms with Gasteiger partial charge in [-0.1, -0.05) is 30.3 Å². The van der Waals surface area contributed by atoms with Crippen LogP contribution in [0, 0.1) is 0 Å². The van der Waals surface area contributed by atoms with Gasteiger partial charge in [0.25, 0.3) is 0 Å². The fourth-order valence-corrected chi connectivity index (χ4v) is 2.91. The Hall–Kier alpha value is -1.53. The summed E-state index contributed by atoms with van der Waals surface area (Å²) < 4.78 is 17.2. The molecule has 1 aromatic heterocycles. The molecule has 0 saturated carbocycles. The average molecular weight is 293 g/mol. The molecule has 6 heteroatoms. The molecule has 108 valence electrons. The van der Waals surface area contributed by atoms with E-state index < -0.39 is 10.8 Å². The van der Waals surface area contributed by atoms with Gasteiger partial charge in [-0.15, -0.1) is 0 Å². The van der Waals surface area contributed by atoms with Crippen molar-refractivity contribution in [2.24, 2.45) is 0 Å². The van der Waals surface area contributed by atoms with E-state index in [0.29, 0.717) is 24.7 Å². The van der Waals surface area contributed by atoms with Crippen molar-refractivity contribution in [2.75, 3.05) is 19.3 Å². The van der Waals surface area contributed by atoms with Crippen molar-refractivity contribution in [1.82, 2.24) is 15.0 Å². The second-order valence-electron chi connectivity index (χ2n) is 4.56. The fraction of sp³-hybridized carbons (Fsp3) is 0.429. The van der Waals surface area contributed by atoms with Crippen molar-refractivity contribution in [3.05, 3.63) is 42.0 Å². The van der Waals surface area contributed by atoms with Gasteiger partial charge in [0, 0.05) is 23.6 Å². The summed E-state index contributed by atoms with van der Waals surface area (Å²) in [5, 5.41) is 3.86. The van der Waals surface area contributed by atoms with E-state index in [1.165, 1.54) is 0 Å². The Morgan fingerprint density at radius 3 is 2.70 bits per heavy atom. The van der Waals surface area contributed by atoms with Gasteiger partial charge in [0.2, 0.25) is 5.89 Å². The Morgan fingerprint density at radius 2 is 2.05 bits per heavy atom. The predicted octanol–water partition coefficient (Wildman–Crippen LogP) is 1.87. The van der Waals surface area contributed by atoms with Crippen LogP contribution in [-0.4, -0.2) is 38.6 Å². The lowest BCUT2D eigenvalue weighted by Crippen LogP contribution is -2.23. The highest BCUT2D eigenvalue weighted by molar-refractivity contribution is 7.85. The average Bonchev–Trinajstić information content (AvgIpc) is 2.93. The highest BCUT2D eigenvalue weighted by Crippen LogP contribution is 2.07. The van der Waals surface area contributed by atoms with E-state index in [0.717, 1.165) is 17.1 Å². The maximum atomic E-state index is 12.1. The number of aromatic nitrogens is 2. The summed E-state index contributed by atoms with van der Waals surface area (Å²) in [5.74, 6) is 1.92. The van der Waals surface area contributed by atoms with E-state index in [9.17, 15) is 4.21 Å². The molecule has 0 aliphatic carbocycles. The molecule has 0 N–H and O–H groups in total. The van der Waals surface area contributed by atoms with E-state index >= 15 is 0 Å². The fourth-order valence-electron chi connectivity index (χ4n) is 1.74. The van der Waals surface area contributed by atoms with Crippen LogP contribution in [0.15, 0.2) is 39.8 Å². The van der Waals surface area contributed by atoms with Crippen LogP contribution < -0.4 is 0 Å². The summed E-state index contributed by atoms with van der Waals surface area (Å²) in [5.41, 5.74) is 0. The zero-order valence-corrected chi connectivity index (χ0v) is 12.6. The van der Waals surface area contributed by atoms with Gasteiger partial charge in [-0.2, -0.15) is 4.98 Å². The Morgan fingerprint density at radius 1 is 1.30 bits per heavy atom. The zero-order chi connectivity index (χ0) is 14.4. The molecule has 1 heterocycles. The first-order valence-corrected chi connectivity index (χ1v) is 7.94. The van der Waals surface area contributed by atoms with Gasteiger partial charge in [0.05, 0.1) is 17.3 Å². The molecule has 2 rings (SSSR count). The summed E-state index contributed by atoms with van der Waals surface area (Å²) in [6, 6.07) is 9.51. The van der Waals surface area contributed by atoms with Crippen LogP contribution in [-0.2, 0) is 23.8 Å². The first-order valence-electron chi connectivity index (χ1n) is 6.62. The van der Waals surface area contributed by atoms with Crippen molar-refractivity contribution >= 4 is 10.8 Å². The van der Waals surface area contributed by atoms with Gasteiger partial charge in [-0.05, 0) is 19.2 Å². The summed E-state index contributed by atoms with van der Waals surface area (Å²) in [4.78, 5) is 7.16. The van der Waals surface area contributed by atoms with Crippen LogP contribution in [0.3, 0.4) is 0 Å². The van der Waals surface area contributed by atoms with E-state index in [4.69, 9.17) is 4.52 Å². The molecule has 0 fully saturated rings. The van der Waals surface area contributed by atoms with Crippen LogP contribution in [0.1, 0.15) is 18.6 Å². The van der Waals surface area contributed by atoms with Crippen LogP contribution in [0.4, 0.5) is 0 Å². The topological polar surface area (TPSA) is 59.2 Å². The molecule has 0 bridgehead atoms. The van der Waals surface area contributed by atoms with Crippen LogP contribution >= 0.6 is 0 Å². The monoisotopic (exact) mass is 293 g/mol. The van der Waals surface area contributed by atoms with Gasteiger partial charge in [0.1, 0.15) is 0 Å². The Kier molecular flexibility index (Phi) is 5.43. The largest absolute Gasteiger partial charge is 0.338 e. The normalized spacial score (nSPS) is 12.8. The minimum atomic E-state index is -0.967. The van der Waals surface area contributed by atoms with Gasteiger partial charge < -0.3 is 4.52 Å². The van der Waals surface area contributed by atoms with Gasteiger partial charge in [0.15, 0.2) is 5.82 Å². The van der Waals surface area contributed by atoms with Crippen LogP contribution in [0.5, 0.6) is 0 Å². The Bertz CT molecular complexity index is 557. The molecule has 0 spiro atoms. The molecular weight excluding hydrogens is 274 g/mol. The smallest absolute Gasteiger partial charge is 0.240 e. The summed E-state index contributed by atoms with van der Waals surface area (Å²) in [6.45, 7) is 3.28. The first kappa shape index (κ1) is 14.9. The summed E-state index contributed by atoms with van der Waals surface area (Å²) in [6.07, 6.45) is 0.769. The van der Waals surface area contributed by atoms with E-state index in [1.807, 2.05) is 49.2 Å². The van der Waals surface area contributed by atoms with E-state index in [-0.39, 0.29) is 0 Å². The van der Waals surface area contributed by atoms with Crippen molar-refractivity contribution in [2.45, 2.75) is 24.8 Å². The number of nitrogens with zero attached hydrogens (tertiary/aromatic N) is 3. The molecule has 1 atom stereocenters. The molecule has 0 amide bonds. The van der Waals surface area contributed by atoms with E-state index in [1.54, 1.807) is 0 Å². The lowest BCUT2D eigenvalue weighted by atomic mass is 10.4. The third-order valence-electron chi connectivity index (χ3n) is 2.90. The van der Waals surface area contributed by atoms with Crippen molar-refractivity contribution in [1.29, 1.82) is 0 Å². The highest BCUT2D eigenvalue weighted by Gasteiger charge is 2.10. The lowest BCUT2D eigenvalue weighted by Gasteiger charge is -2.13. The molecule has 0 unspecified atom stereocenters. The highest BCUT2D eigenvalue weighted by atomic mass is 32.2. The van der Waals surface area contributed by atoms with Crippen LogP contribution in [0.2, 0.25) is 0 Å². The number of hydrogen-bond acceptors (Lipinski definition) is 5. The third-order valence-corrected chi connectivity index (χ3v) is 4.25. The SMILES string of the molecule is CCc1noc(CN(C)CC[S@](=O)c2ccccc2)n1. The molecule has 0 radical (unpaired) electrons. The number of benzene rings is 1. The maximum absolute atomic E-state index is 12.1. The quantitative estimate of drug-likeness (QED) is 0.780. The Balaban J connectivity index is 1.80. The third kappa shape index (κ3) is 4.25. The number of rotatable bonds is 7. The Labute approximate surface area is 121 Å². The number of hydrogen-bond donors (Lipinski definition) is 0. The second kappa shape index (κ2) is 7.31. The predicted molar refractivity (Wildman–Crippen MR) is 77.7 cm³/mol. The minimum Gasteiger partial charge on any atom is -0.338 e. The van der Waals surface area contributed by atoms with Crippen molar-refractivity contribution in [3.63, 3.8) is 0 Å². The molecule has 0 saturated heterocycles.